The number of hydrogen-bond donors (Lipinski definition) is 1. The van der Waals surface area contributed by atoms with Crippen molar-refractivity contribution in [1.82, 2.24) is 0 Å². The fourth-order valence-corrected chi connectivity index (χ4v) is 2.13. The van der Waals surface area contributed by atoms with Crippen molar-refractivity contribution in [3.63, 3.8) is 0 Å². The molecule has 4 heteroatoms. The molecular formula is C16H17FN2S. The number of nitrogens with two attached hydrogens (primary N) is 1. The lowest BCUT2D eigenvalue weighted by Gasteiger charge is -2.25. The van der Waals surface area contributed by atoms with Gasteiger partial charge in [0.05, 0.1) is 4.99 Å². The molecule has 0 aliphatic rings. The lowest BCUT2D eigenvalue weighted by Crippen LogP contribution is -2.27. The Balaban J connectivity index is 2.16. The van der Waals surface area contributed by atoms with Gasteiger partial charge in [-0.1, -0.05) is 42.5 Å². The molecule has 2 nitrogen and oxygen atoms in total. The van der Waals surface area contributed by atoms with Crippen molar-refractivity contribution < 1.29 is 4.39 Å². The molecule has 2 aromatic rings. The van der Waals surface area contributed by atoms with Crippen LogP contribution in [0.2, 0.25) is 0 Å². The second kappa shape index (κ2) is 7.01. The zero-order valence-corrected chi connectivity index (χ0v) is 11.9. The van der Waals surface area contributed by atoms with Crippen molar-refractivity contribution in [2.45, 2.75) is 13.0 Å². The van der Waals surface area contributed by atoms with E-state index in [-0.39, 0.29) is 5.82 Å². The zero-order chi connectivity index (χ0) is 14.4. The summed E-state index contributed by atoms with van der Waals surface area (Å²) >= 11 is 4.94. The number of anilines is 1. The van der Waals surface area contributed by atoms with E-state index in [9.17, 15) is 4.39 Å². The predicted molar refractivity (Wildman–Crippen MR) is 85.3 cm³/mol. The molecule has 2 N–H and O–H groups in total. The number of benzene rings is 2. The molecule has 2 aromatic carbocycles. The number of rotatable bonds is 6. The summed E-state index contributed by atoms with van der Waals surface area (Å²) in [6.45, 7) is 1.35. The molecular weight excluding hydrogens is 271 g/mol. The Morgan fingerprint density at radius 3 is 2.50 bits per heavy atom. The fourth-order valence-electron chi connectivity index (χ4n) is 2.04. The first-order chi connectivity index (χ1) is 9.65. The van der Waals surface area contributed by atoms with E-state index in [0.717, 1.165) is 17.8 Å². The summed E-state index contributed by atoms with van der Waals surface area (Å²) in [4.78, 5) is 2.64. The third-order valence-electron chi connectivity index (χ3n) is 3.01. The minimum atomic E-state index is -0.218. The number of hydrogen-bond acceptors (Lipinski definition) is 2. The van der Waals surface area contributed by atoms with Gasteiger partial charge in [-0.3, -0.25) is 0 Å². The summed E-state index contributed by atoms with van der Waals surface area (Å²) in [5, 5.41) is 0. The average Bonchev–Trinajstić information content (AvgIpc) is 2.44. The Labute approximate surface area is 124 Å². The highest BCUT2D eigenvalue weighted by molar-refractivity contribution is 7.80. The van der Waals surface area contributed by atoms with E-state index in [0.29, 0.717) is 18.0 Å². The normalized spacial score (nSPS) is 10.2. The Kier molecular flexibility index (Phi) is 5.07. The summed E-state index contributed by atoms with van der Waals surface area (Å²) in [5.74, 6) is -0.218. The lowest BCUT2D eigenvalue weighted by atomic mass is 10.2. The van der Waals surface area contributed by atoms with Gasteiger partial charge in [-0.05, 0) is 29.8 Å². The highest BCUT2D eigenvalue weighted by atomic mass is 32.1. The molecule has 0 amide bonds. The second-order valence-corrected chi connectivity index (χ2v) is 5.13. The molecule has 0 spiro atoms. The van der Waals surface area contributed by atoms with Crippen LogP contribution in [0.25, 0.3) is 0 Å². The first-order valence-electron chi connectivity index (χ1n) is 6.48. The fraction of sp³-hybridized carbons (Fsp3) is 0.188. The monoisotopic (exact) mass is 288 g/mol. The van der Waals surface area contributed by atoms with Crippen molar-refractivity contribution in [2.75, 3.05) is 11.4 Å². The molecule has 0 bridgehead atoms. The van der Waals surface area contributed by atoms with Gasteiger partial charge >= 0.3 is 0 Å². The third-order valence-corrected chi connectivity index (χ3v) is 3.22. The van der Waals surface area contributed by atoms with Gasteiger partial charge in [0.25, 0.3) is 0 Å². The first kappa shape index (κ1) is 14.5. The molecule has 0 radical (unpaired) electrons. The van der Waals surface area contributed by atoms with Crippen LogP contribution >= 0.6 is 12.2 Å². The molecule has 0 saturated heterocycles. The maximum atomic E-state index is 13.3. The maximum Gasteiger partial charge on any atom is 0.123 e. The molecule has 0 heterocycles. The summed E-state index contributed by atoms with van der Waals surface area (Å²) < 4.78 is 13.3. The number of halogens is 1. The minimum absolute atomic E-state index is 0.218. The van der Waals surface area contributed by atoms with E-state index in [2.05, 4.69) is 4.90 Å². The third kappa shape index (κ3) is 4.31. The molecule has 0 unspecified atom stereocenters. The van der Waals surface area contributed by atoms with Crippen molar-refractivity contribution in [2.24, 2.45) is 5.73 Å². The van der Waals surface area contributed by atoms with E-state index in [1.54, 1.807) is 12.1 Å². The lowest BCUT2D eigenvalue weighted by molar-refractivity contribution is 0.624. The molecule has 0 fully saturated rings. The van der Waals surface area contributed by atoms with Crippen LogP contribution in [0, 0.1) is 5.82 Å². The highest BCUT2D eigenvalue weighted by Crippen LogP contribution is 2.17. The summed E-state index contributed by atoms with van der Waals surface area (Å²) in [7, 11) is 0. The van der Waals surface area contributed by atoms with Crippen LogP contribution in [-0.2, 0) is 6.54 Å². The first-order valence-corrected chi connectivity index (χ1v) is 6.89. The number of para-hydroxylation sites is 1. The Morgan fingerprint density at radius 1 is 1.10 bits per heavy atom. The van der Waals surface area contributed by atoms with E-state index >= 15 is 0 Å². The van der Waals surface area contributed by atoms with Crippen molar-refractivity contribution in [3.8, 4) is 0 Å². The van der Waals surface area contributed by atoms with Gasteiger partial charge in [0, 0.05) is 25.2 Å². The largest absolute Gasteiger partial charge is 0.393 e. The molecule has 2 rings (SSSR count). The van der Waals surface area contributed by atoms with Gasteiger partial charge in [0.15, 0.2) is 0 Å². The molecule has 0 saturated carbocycles. The van der Waals surface area contributed by atoms with E-state index < -0.39 is 0 Å². The van der Waals surface area contributed by atoms with E-state index in [1.807, 2.05) is 36.4 Å². The molecule has 0 atom stereocenters. The van der Waals surface area contributed by atoms with Gasteiger partial charge in [0.2, 0.25) is 0 Å². The van der Waals surface area contributed by atoms with Crippen molar-refractivity contribution in [1.29, 1.82) is 0 Å². The Morgan fingerprint density at radius 2 is 1.85 bits per heavy atom. The topological polar surface area (TPSA) is 29.3 Å². The van der Waals surface area contributed by atoms with Gasteiger partial charge in [-0.15, -0.1) is 0 Å². The summed E-state index contributed by atoms with van der Waals surface area (Å²) in [5.41, 5.74) is 7.59. The summed E-state index contributed by atoms with van der Waals surface area (Å²) in [6.07, 6.45) is 0.638. The van der Waals surface area contributed by atoms with Gasteiger partial charge in [-0.2, -0.15) is 0 Å². The van der Waals surface area contributed by atoms with E-state index in [1.165, 1.54) is 6.07 Å². The maximum absolute atomic E-state index is 13.3. The van der Waals surface area contributed by atoms with Crippen LogP contribution in [0.5, 0.6) is 0 Å². The van der Waals surface area contributed by atoms with E-state index in [4.69, 9.17) is 18.0 Å². The van der Waals surface area contributed by atoms with Crippen LogP contribution < -0.4 is 10.6 Å². The smallest absolute Gasteiger partial charge is 0.123 e. The summed E-state index contributed by atoms with van der Waals surface area (Å²) in [6, 6.07) is 16.6. The van der Waals surface area contributed by atoms with Gasteiger partial charge < -0.3 is 10.6 Å². The van der Waals surface area contributed by atoms with Crippen LogP contribution in [0.15, 0.2) is 54.6 Å². The van der Waals surface area contributed by atoms with Crippen molar-refractivity contribution >= 4 is 22.9 Å². The Bertz CT molecular complexity index is 572. The van der Waals surface area contributed by atoms with Crippen LogP contribution in [-0.4, -0.2) is 11.5 Å². The zero-order valence-electron chi connectivity index (χ0n) is 11.1. The average molecular weight is 288 g/mol. The standard InChI is InChI=1S/C16H17FN2S/c17-14-6-4-5-13(11-14)12-19(10-9-16(18)20)15-7-2-1-3-8-15/h1-8,11H,9-10,12H2,(H2,18,20). The Hall–Kier alpha value is -1.94. The number of thiocarbonyl (C=S) groups is 1. The quantitative estimate of drug-likeness (QED) is 0.825. The minimum Gasteiger partial charge on any atom is -0.393 e. The van der Waals surface area contributed by atoms with Gasteiger partial charge in [-0.25, -0.2) is 4.39 Å². The van der Waals surface area contributed by atoms with Crippen LogP contribution in [0.4, 0.5) is 10.1 Å². The van der Waals surface area contributed by atoms with Crippen molar-refractivity contribution in [3.05, 3.63) is 66.0 Å². The SMILES string of the molecule is NC(=S)CCN(Cc1cccc(F)c1)c1ccccc1. The molecule has 0 aliphatic carbocycles. The van der Waals surface area contributed by atoms with Crippen LogP contribution in [0.3, 0.4) is 0 Å². The second-order valence-electron chi connectivity index (χ2n) is 4.60. The molecule has 104 valence electrons. The van der Waals surface area contributed by atoms with Crippen LogP contribution in [0.1, 0.15) is 12.0 Å². The van der Waals surface area contributed by atoms with Gasteiger partial charge in [0.1, 0.15) is 5.82 Å². The molecule has 20 heavy (non-hydrogen) atoms. The molecule has 0 aliphatic heterocycles. The number of nitrogens with zero attached hydrogens (tertiary/aromatic N) is 1. The highest BCUT2D eigenvalue weighted by Gasteiger charge is 2.08. The predicted octanol–water partition coefficient (Wildman–Crippen LogP) is 3.51. The molecule has 0 aromatic heterocycles.